The number of piperazine rings is 1. The lowest BCUT2D eigenvalue weighted by Crippen LogP contribution is -2.85. The molecule has 2 aliphatic heterocycles. The van der Waals surface area contributed by atoms with Gasteiger partial charge in [-0.05, 0) is 75.6 Å². The van der Waals surface area contributed by atoms with E-state index in [9.17, 15) is 47.9 Å². The summed E-state index contributed by atoms with van der Waals surface area (Å²) in [4.78, 5) is 19.0. The first-order valence-electron chi connectivity index (χ1n) is 15.2. The van der Waals surface area contributed by atoms with E-state index >= 15 is 0 Å². The van der Waals surface area contributed by atoms with Gasteiger partial charge in [-0.3, -0.25) is 14.7 Å². The molecule has 11 nitrogen and oxygen atoms in total. The van der Waals surface area contributed by atoms with Gasteiger partial charge >= 0.3 is 18.1 Å². The topological polar surface area (TPSA) is 140 Å². The van der Waals surface area contributed by atoms with Gasteiger partial charge in [0.15, 0.2) is 0 Å². The van der Waals surface area contributed by atoms with Crippen LogP contribution in [0.1, 0.15) is 60.7 Å². The molecule has 2 fully saturated rings. The van der Waals surface area contributed by atoms with Crippen LogP contribution >= 0.6 is 0 Å². The highest BCUT2D eigenvalue weighted by molar-refractivity contribution is 5.77. The summed E-state index contributed by atoms with van der Waals surface area (Å²) in [6, 6.07) is 0.744. The first-order chi connectivity index (χ1) is 21.6. The molecule has 2 aliphatic rings. The molecule has 0 radical (unpaired) electrons. The zero-order valence-electron chi connectivity index (χ0n) is 27.5. The quantitative estimate of drug-likeness (QED) is 0.232. The Labute approximate surface area is 271 Å². The van der Waals surface area contributed by atoms with Crippen molar-refractivity contribution in [2.45, 2.75) is 82.4 Å². The summed E-state index contributed by atoms with van der Waals surface area (Å²) < 4.78 is 60.5. The van der Waals surface area contributed by atoms with E-state index in [0.29, 0.717) is 18.0 Å². The molecule has 0 saturated carbocycles. The maximum Gasteiger partial charge on any atom is 0.416 e. The van der Waals surface area contributed by atoms with Gasteiger partial charge in [0.2, 0.25) is 0 Å². The van der Waals surface area contributed by atoms with E-state index in [1.165, 1.54) is 58.9 Å². The van der Waals surface area contributed by atoms with Crippen molar-refractivity contribution in [1.29, 1.82) is 0 Å². The molecule has 15 heteroatoms. The highest BCUT2D eigenvalue weighted by atomic mass is 19.4. The molecule has 2 aromatic rings. The van der Waals surface area contributed by atoms with E-state index in [1.807, 2.05) is 11.8 Å². The number of nitrogens with zero attached hydrogens (tertiary/aromatic N) is 4. The van der Waals surface area contributed by atoms with Crippen molar-refractivity contribution in [3.63, 3.8) is 0 Å². The van der Waals surface area contributed by atoms with Crippen LogP contribution in [0.4, 0.5) is 22.4 Å². The SMILES string of the molecule is COC(C)N1CCN(C2C(C)(O)C(c3ccc(F)cc3C)N(C(=O)N(C)C(C)c3cc(C)cc(C(F)(F)F)c3)C(O)(O)C2(O)O)CC1. The number of methoxy groups -OCH3 is 1. The normalized spacial score (nSPS) is 26.6. The predicted octanol–water partition coefficient (Wildman–Crippen LogP) is 2.68. The molecule has 4 rings (SSSR count). The predicted molar refractivity (Wildman–Crippen MR) is 162 cm³/mol. The maximum atomic E-state index is 14.3. The number of rotatable bonds is 6. The van der Waals surface area contributed by atoms with Crippen molar-refractivity contribution in [2.75, 3.05) is 40.3 Å². The Morgan fingerprint density at radius 2 is 1.60 bits per heavy atom. The molecule has 5 unspecified atom stereocenters. The Morgan fingerprint density at radius 1 is 1.00 bits per heavy atom. The largest absolute Gasteiger partial charge is 0.416 e. The van der Waals surface area contributed by atoms with E-state index in [0.717, 1.165) is 29.2 Å². The highest BCUT2D eigenvalue weighted by Crippen LogP contribution is 2.51. The van der Waals surface area contributed by atoms with Crippen LogP contribution in [0.5, 0.6) is 0 Å². The van der Waals surface area contributed by atoms with Crippen LogP contribution in [0.15, 0.2) is 36.4 Å². The third-order valence-corrected chi connectivity index (χ3v) is 9.67. The molecule has 2 heterocycles. The van der Waals surface area contributed by atoms with Crippen molar-refractivity contribution in [2.24, 2.45) is 0 Å². The Balaban J connectivity index is 1.83. The molecule has 0 aromatic heterocycles. The number of amides is 2. The fourth-order valence-electron chi connectivity index (χ4n) is 6.91. The van der Waals surface area contributed by atoms with Gasteiger partial charge in [-0.2, -0.15) is 13.2 Å². The van der Waals surface area contributed by atoms with Crippen LogP contribution in [0.25, 0.3) is 0 Å². The number of benzene rings is 2. The number of alkyl halides is 3. The minimum atomic E-state index is -4.68. The van der Waals surface area contributed by atoms with Gasteiger partial charge in [0.05, 0.1) is 17.6 Å². The minimum Gasteiger partial charge on any atom is -0.386 e. The number of likely N-dealkylation sites (tertiary alicyclic amines) is 1. The molecule has 262 valence electrons. The lowest BCUT2D eigenvalue weighted by molar-refractivity contribution is -0.460. The molecule has 0 bridgehead atoms. The van der Waals surface area contributed by atoms with Gasteiger partial charge in [0.25, 0.3) is 5.79 Å². The van der Waals surface area contributed by atoms with E-state index in [4.69, 9.17) is 4.74 Å². The maximum absolute atomic E-state index is 14.3. The number of aryl methyl sites for hydroxylation is 2. The highest BCUT2D eigenvalue weighted by Gasteiger charge is 2.73. The fourth-order valence-corrected chi connectivity index (χ4v) is 6.91. The Bertz CT molecular complexity index is 1460. The summed E-state index contributed by atoms with van der Waals surface area (Å²) in [7, 11) is 2.73. The van der Waals surface area contributed by atoms with Crippen LogP contribution in [0.2, 0.25) is 0 Å². The monoisotopic (exact) mass is 672 g/mol. The molecule has 47 heavy (non-hydrogen) atoms. The third kappa shape index (κ3) is 6.59. The lowest BCUT2D eigenvalue weighted by Gasteiger charge is -2.62. The Hall–Kier alpha value is -2.89. The van der Waals surface area contributed by atoms with E-state index in [1.54, 1.807) is 0 Å². The van der Waals surface area contributed by atoms with Crippen LogP contribution in [0.3, 0.4) is 0 Å². The summed E-state index contributed by atoms with van der Waals surface area (Å²) in [6.07, 6.45) is -4.95. The van der Waals surface area contributed by atoms with Gasteiger partial charge in [-0.25, -0.2) is 9.18 Å². The number of hydrogen-bond donors (Lipinski definition) is 5. The van der Waals surface area contributed by atoms with Gasteiger partial charge in [0, 0.05) is 40.3 Å². The Kier molecular flexibility index (Phi) is 10.1. The Morgan fingerprint density at radius 3 is 2.13 bits per heavy atom. The molecule has 2 aromatic carbocycles. The summed E-state index contributed by atoms with van der Waals surface area (Å²) in [5.41, 5.74) is -2.70. The number of aliphatic hydroxyl groups is 5. The minimum absolute atomic E-state index is 0.0632. The molecule has 0 aliphatic carbocycles. The summed E-state index contributed by atoms with van der Waals surface area (Å²) in [6.45, 7) is 8.34. The molecule has 2 amide bonds. The van der Waals surface area contributed by atoms with Crippen LogP contribution in [-0.4, -0.2) is 121 Å². The number of urea groups is 1. The van der Waals surface area contributed by atoms with Crippen molar-refractivity contribution in [1.82, 2.24) is 19.6 Å². The number of carbonyl (C=O) groups is 1. The average Bonchev–Trinajstić information content (AvgIpc) is 2.97. The van der Waals surface area contributed by atoms with Gasteiger partial charge in [0.1, 0.15) is 23.7 Å². The van der Waals surface area contributed by atoms with Gasteiger partial charge < -0.3 is 35.2 Å². The molecule has 0 spiro atoms. The van der Waals surface area contributed by atoms with Crippen molar-refractivity contribution >= 4 is 6.03 Å². The first-order valence-corrected chi connectivity index (χ1v) is 15.2. The van der Waals surface area contributed by atoms with E-state index in [2.05, 4.69) is 0 Å². The number of halogens is 4. The van der Waals surface area contributed by atoms with E-state index < -0.39 is 59.0 Å². The molecular weight excluding hydrogens is 628 g/mol. The number of carbonyl (C=O) groups excluding carboxylic acids is 1. The van der Waals surface area contributed by atoms with Gasteiger partial charge in [-0.1, -0.05) is 17.7 Å². The molecule has 5 atom stereocenters. The van der Waals surface area contributed by atoms with Crippen LogP contribution in [0, 0.1) is 19.7 Å². The standard InChI is InChI=1S/C32H44F4N4O7/c1-18-14-22(17-23(15-18)31(34,35)36)20(3)37(6)28(41)40-26(25-9-8-24(33)16-19(25)2)29(5,42)27(30(43,44)32(40,45)46)39-12-10-38(11-13-39)21(4)47-7/h8-9,14-17,20-21,26-27,42-46H,10-13H2,1-7H3. The summed E-state index contributed by atoms with van der Waals surface area (Å²) in [5, 5.41) is 58.8. The van der Waals surface area contributed by atoms with Gasteiger partial charge in [-0.15, -0.1) is 0 Å². The fraction of sp³-hybridized carbons (Fsp3) is 0.594. The summed E-state index contributed by atoms with van der Waals surface area (Å²) >= 11 is 0. The number of ether oxygens (including phenoxy) is 1. The number of piperidine rings is 1. The summed E-state index contributed by atoms with van der Waals surface area (Å²) in [5.74, 6) is -8.01. The van der Waals surface area contributed by atoms with Crippen molar-refractivity contribution in [3.8, 4) is 0 Å². The average molecular weight is 673 g/mol. The smallest absolute Gasteiger partial charge is 0.386 e. The second kappa shape index (κ2) is 12.9. The zero-order chi connectivity index (χ0) is 35.4. The van der Waals surface area contributed by atoms with Crippen LogP contribution < -0.4 is 0 Å². The first kappa shape index (κ1) is 36.9. The third-order valence-electron chi connectivity index (χ3n) is 9.67. The van der Waals surface area contributed by atoms with Crippen molar-refractivity contribution in [3.05, 3.63) is 70.0 Å². The lowest BCUT2D eigenvalue weighted by atomic mass is 9.71. The molecular formula is C32H44F4N4O7. The zero-order valence-corrected chi connectivity index (χ0v) is 27.5. The van der Waals surface area contributed by atoms with E-state index in [-0.39, 0.29) is 41.6 Å². The molecule has 2 saturated heterocycles. The number of hydrogen-bond acceptors (Lipinski definition) is 9. The second-order valence-corrected chi connectivity index (χ2v) is 12.9. The van der Waals surface area contributed by atoms with Crippen LogP contribution in [-0.2, 0) is 10.9 Å². The molecule has 5 N–H and O–H groups in total. The second-order valence-electron chi connectivity index (χ2n) is 12.9. The van der Waals surface area contributed by atoms with Crippen molar-refractivity contribution < 1.29 is 52.6 Å².